The van der Waals surface area contributed by atoms with Crippen LogP contribution in [0.15, 0.2) is 54.9 Å². The van der Waals surface area contributed by atoms with E-state index in [1.54, 1.807) is 49.8 Å². The average Bonchev–Trinajstić information content (AvgIpc) is 3.87. The van der Waals surface area contributed by atoms with Crippen molar-refractivity contribution < 1.29 is 23.8 Å². The van der Waals surface area contributed by atoms with Crippen molar-refractivity contribution in [2.45, 2.75) is 70.5 Å². The fourth-order valence-corrected chi connectivity index (χ4v) is 8.73. The maximum absolute atomic E-state index is 15.7. The van der Waals surface area contributed by atoms with E-state index in [-0.39, 0.29) is 23.2 Å². The summed E-state index contributed by atoms with van der Waals surface area (Å²) in [6.45, 7) is 2.14. The first-order chi connectivity index (χ1) is 25.6. The van der Waals surface area contributed by atoms with Crippen LogP contribution < -0.4 is 26.0 Å². The van der Waals surface area contributed by atoms with Gasteiger partial charge in [0, 0.05) is 66.7 Å². The van der Waals surface area contributed by atoms with Gasteiger partial charge in [-0.1, -0.05) is 41.4 Å². The molecule has 11 nitrogen and oxygen atoms in total. The first-order valence-electron chi connectivity index (χ1n) is 17.9. The second-order valence-electron chi connectivity index (χ2n) is 14.4. The first kappa shape index (κ1) is 37.0. The SMILES string of the molecule is COc1nc(-c2ccnc(-c3cccc(Nc4nccc(CNCCC56CCC(C(=O)O)(CC5)C6)c4F)c3Cl)c2Cl)ccc1CNC[C@H]1CCC(=O)N1. The molecule has 4 heterocycles. The molecule has 3 fully saturated rings. The predicted octanol–water partition coefficient (Wildman–Crippen LogP) is 7.29. The monoisotopic (exact) mass is 761 g/mol. The molecule has 2 aliphatic carbocycles. The smallest absolute Gasteiger partial charge is 0.309 e. The van der Waals surface area contributed by atoms with Gasteiger partial charge in [0.25, 0.3) is 0 Å². The lowest BCUT2D eigenvalue weighted by molar-refractivity contribution is -0.148. The number of carbonyl (C=O) groups is 2. The molecule has 14 heteroatoms. The van der Waals surface area contributed by atoms with E-state index in [1.165, 1.54) is 0 Å². The van der Waals surface area contributed by atoms with Crippen LogP contribution in [0, 0.1) is 16.6 Å². The van der Waals surface area contributed by atoms with Crippen molar-refractivity contribution in [1.82, 2.24) is 30.9 Å². The Balaban J connectivity index is 1.02. The Bertz CT molecular complexity index is 2020. The fourth-order valence-electron chi connectivity index (χ4n) is 8.15. The molecule has 2 bridgehead atoms. The standard InChI is InChI=1S/C39H42Cl2FN7O4/c1-53-36-24(20-44-21-25-6-8-30(50)47-25)5-7-28(49-36)26-10-17-45-34(32(26)41)27-3-2-4-29(31(27)40)48-35-33(42)23(9-16-46-35)19-43-18-15-38-11-13-39(22-38,14-12-38)37(51)52/h2-5,7,9-10,16-17,25,43-44H,6,8,11-15,18-22H2,1H3,(H,46,48)(H,47,50)(H,51,52)/t25-,38?,39?/m1/s1. The van der Waals surface area contributed by atoms with Crippen LogP contribution in [0.4, 0.5) is 15.9 Å². The zero-order valence-corrected chi connectivity index (χ0v) is 30.9. The predicted molar refractivity (Wildman–Crippen MR) is 202 cm³/mol. The molecule has 0 radical (unpaired) electrons. The Kier molecular flexibility index (Phi) is 10.8. The Morgan fingerprint density at radius 1 is 1.00 bits per heavy atom. The van der Waals surface area contributed by atoms with Gasteiger partial charge in [-0.05, 0) is 81.2 Å². The summed E-state index contributed by atoms with van der Waals surface area (Å²) < 4.78 is 21.3. The minimum Gasteiger partial charge on any atom is -0.481 e. The largest absolute Gasteiger partial charge is 0.481 e. The molecule has 1 atom stereocenters. The summed E-state index contributed by atoms with van der Waals surface area (Å²) in [5, 5.41) is 23.1. The van der Waals surface area contributed by atoms with Crippen LogP contribution in [-0.2, 0) is 22.7 Å². The second-order valence-corrected chi connectivity index (χ2v) is 15.2. The topological polar surface area (TPSA) is 150 Å². The van der Waals surface area contributed by atoms with Gasteiger partial charge in [-0.3, -0.25) is 14.6 Å². The number of nitrogens with one attached hydrogen (secondary N) is 4. The van der Waals surface area contributed by atoms with Gasteiger partial charge in [0.1, 0.15) is 0 Å². The van der Waals surface area contributed by atoms with E-state index in [0.29, 0.717) is 82.3 Å². The van der Waals surface area contributed by atoms with E-state index in [9.17, 15) is 14.7 Å². The van der Waals surface area contributed by atoms with E-state index in [4.69, 9.17) is 32.9 Å². The summed E-state index contributed by atoms with van der Waals surface area (Å²) in [7, 11) is 1.56. The third kappa shape index (κ3) is 7.68. The lowest BCUT2D eigenvalue weighted by Crippen LogP contribution is -2.35. The quantitative estimate of drug-likeness (QED) is 0.0782. The van der Waals surface area contributed by atoms with Gasteiger partial charge >= 0.3 is 5.97 Å². The highest BCUT2D eigenvalue weighted by molar-refractivity contribution is 6.39. The number of rotatable bonds is 15. The molecule has 1 amide bonds. The number of amides is 1. The van der Waals surface area contributed by atoms with Crippen LogP contribution in [0.2, 0.25) is 10.0 Å². The lowest BCUT2D eigenvalue weighted by Gasteiger charge is -2.26. The zero-order chi connectivity index (χ0) is 37.2. The van der Waals surface area contributed by atoms with Crippen molar-refractivity contribution in [2.24, 2.45) is 10.8 Å². The Morgan fingerprint density at radius 2 is 1.79 bits per heavy atom. The summed E-state index contributed by atoms with van der Waals surface area (Å²) in [6.07, 6.45) is 9.52. The van der Waals surface area contributed by atoms with Crippen LogP contribution in [0.3, 0.4) is 0 Å². The number of methoxy groups -OCH3 is 1. The fraction of sp³-hybridized carbons (Fsp3) is 0.410. The summed E-state index contributed by atoms with van der Waals surface area (Å²) >= 11 is 13.9. The number of ether oxygens (including phenoxy) is 1. The third-order valence-electron chi connectivity index (χ3n) is 11.1. The van der Waals surface area contributed by atoms with E-state index in [0.717, 1.165) is 50.5 Å². The van der Waals surface area contributed by atoms with Crippen LogP contribution in [-0.4, -0.2) is 58.2 Å². The normalized spacial score (nSPS) is 21.9. The summed E-state index contributed by atoms with van der Waals surface area (Å²) in [5.74, 6) is -0.596. The highest BCUT2D eigenvalue weighted by atomic mass is 35.5. The van der Waals surface area contributed by atoms with Gasteiger partial charge in [-0.25, -0.2) is 14.4 Å². The second kappa shape index (κ2) is 15.5. The number of carboxylic acid groups (broad SMARTS) is 1. The molecule has 0 unspecified atom stereocenters. The molecule has 4 aromatic rings. The highest BCUT2D eigenvalue weighted by Crippen LogP contribution is 2.63. The van der Waals surface area contributed by atoms with Crippen molar-refractivity contribution in [3.8, 4) is 28.4 Å². The molecular formula is C39H42Cl2FN7O4. The zero-order valence-electron chi connectivity index (χ0n) is 29.4. The number of aliphatic carboxylic acids is 1. The Morgan fingerprint density at radius 3 is 2.53 bits per heavy atom. The van der Waals surface area contributed by atoms with Crippen molar-refractivity contribution in [3.63, 3.8) is 0 Å². The lowest BCUT2D eigenvalue weighted by atomic mass is 9.80. The summed E-state index contributed by atoms with van der Waals surface area (Å²) in [4.78, 5) is 36.9. The number of hydrogen-bond acceptors (Lipinski definition) is 9. The molecule has 3 aromatic heterocycles. The van der Waals surface area contributed by atoms with Gasteiger partial charge in [0.15, 0.2) is 11.6 Å². The van der Waals surface area contributed by atoms with Crippen molar-refractivity contribution in [1.29, 1.82) is 0 Å². The third-order valence-corrected chi connectivity index (χ3v) is 11.9. The number of fused-ring (bicyclic) bond motifs is 2. The molecule has 1 aromatic carbocycles. The highest BCUT2D eigenvalue weighted by Gasteiger charge is 2.57. The number of anilines is 2. The number of carboxylic acids is 1. The van der Waals surface area contributed by atoms with Crippen molar-refractivity contribution in [2.75, 3.05) is 25.5 Å². The number of nitrogens with zero attached hydrogens (tertiary/aromatic N) is 3. The Labute approximate surface area is 317 Å². The molecule has 1 saturated heterocycles. The van der Waals surface area contributed by atoms with E-state index in [2.05, 4.69) is 31.2 Å². The van der Waals surface area contributed by atoms with Gasteiger partial charge in [-0.2, -0.15) is 0 Å². The van der Waals surface area contributed by atoms with Crippen LogP contribution in [0.5, 0.6) is 5.88 Å². The number of hydrogen-bond donors (Lipinski definition) is 5. The van der Waals surface area contributed by atoms with Crippen LogP contribution in [0.1, 0.15) is 62.5 Å². The molecule has 2 saturated carbocycles. The molecule has 5 N–H and O–H groups in total. The van der Waals surface area contributed by atoms with Gasteiger partial charge in [0.2, 0.25) is 11.8 Å². The van der Waals surface area contributed by atoms with Crippen molar-refractivity contribution in [3.05, 3.63) is 81.8 Å². The molecular weight excluding hydrogens is 720 g/mol. The van der Waals surface area contributed by atoms with Crippen LogP contribution >= 0.6 is 23.2 Å². The van der Waals surface area contributed by atoms with Crippen molar-refractivity contribution >= 4 is 46.6 Å². The molecule has 1 aliphatic heterocycles. The number of benzene rings is 1. The minimum atomic E-state index is -0.666. The summed E-state index contributed by atoms with van der Waals surface area (Å²) in [5.41, 5.74) is 3.45. The van der Waals surface area contributed by atoms with Gasteiger partial charge in [0.05, 0.1) is 39.6 Å². The van der Waals surface area contributed by atoms with E-state index in [1.807, 2.05) is 12.1 Å². The summed E-state index contributed by atoms with van der Waals surface area (Å²) in [6, 6.07) is 12.6. The van der Waals surface area contributed by atoms with Gasteiger partial charge < -0.3 is 31.1 Å². The maximum atomic E-state index is 15.7. The molecule has 278 valence electrons. The minimum absolute atomic E-state index is 0.0337. The number of pyridine rings is 3. The van der Waals surface area contributed by atoms with E-state index < -0.39 is 17.2 Å². The first-order valence-corrected chi connectivity index (χ1v) is 18.7. The maximum Gasteiger partial charge on any atom is 0.309 e. The molecule has 7 rings (SSSR count). The number of aromatic nitrogens is 3. The average molecular weight is 763 g/mol. The van der Waals surface area contributed by atoms with E-state index >= 15 is 4.39 Å². The Hall–Kier alpha value is -4.36. The molecule has 3 aliphatic rings. The molecule has 53 heavy (non-hydrogen) atoms. The molecule has 0 spiro atoms. The number of halogens is 3. The van der Waals surface area contributed by atoms with Crippen LogP contribution in [0.25, 0.3) is 22.5 Å². The van der Waals surface area contributed by atoms with Gasteiger partial charge in [-0.15, -0.1) is 0 Å². The number of carbonyl (C=O) groups excluding carboxylic acids is 1.